The molecule has 128 valence electrons. The number of carbonyl (C=O) groups excluding carboxylic acids is 1. The van der Waals surface area contributed by atoms with Crippen LogP contribution in [0.5, 0.6) is 0 Å². The van der Waals surface area contributed by atoms with Gasteiger partial charge in [-0.15, -0.1) is 0 Å². The van der Waals surface area contributed by atoms with Gasteiger partial charge >= 0.3 is 0 Å². The van der Waals surface area contributed by atoms with Crippen molar-refractivity contribution in [1.82, 2.24) is 9.80 Å². The molecule has 0 aliphatic carbocycles. The zero-order valence-corrected chi connectivity index (χ0v) is 14.6. The molecule has 1 amide bonds. The van der Waals surface area contributed by atoms with Crippen LogP contribution >= 0.6 is 0 Å². The first-order valence-corrected chi connectivity index (χ1v) is 8.71. The van der Waals surface area contributed by atoms with Crippen molar-refractivity contribution >= 4 is 5.91 Å². The van der Waals surface area contributed by atoms with Gasteiger partial charge in [-0.05, 0) is 61.3 Å². The average molecular weight is 333 g/mol. The smallest absolute Gasteiger partial charge is 0.253 e. The molecule has 0 radical (unpaired) electrons. The molecular formula is C21H23N3O. The van der Waals surface area contributed by atoms with Gasteiger partial charge in [0, 0.05) is 25.7 Å². The Labute approximate surface area is 149 Å². The summed E-state index contributed by atoms with van der Waals surface area (Å²) in [7, 11) is 1.80. The highest BCUT2D eigenvalue weighted by Crippen LogP contribution is 2.15. The quantitative estimate of drug-likeness (QED) is 0.842. The summed E-state index contributed by atoms with van der Waals surface area (Å²) < 4.78 is 0. The van der Waals surface area contributed by atoms with E-state index in [0.29, 0.717) is 17.7 Å². The molecule has 1 aliphatic rings. The Morgan fingerprint density at radius 2 is 1.64 bits per heavy atom. The van der Waals surface area contributed by atoms with Crippen molar-refractivity contribution in [1.29, 1.82) is 5.26 Å². The SMILES string of the molecule is CN(Cc1ccc(C#N)cc1)C(=O)c1ccc(CN2CCCC2)cc1. The van der Waals surface area contributed by atoms with Gasteiger partial charge in [-0.1, -0.05) is 24.3 Å². The maximum atomic E-state index is 12.6. The lowest BCUT2D eigenvalue weighted by molar-refractivity contribution is 0.0785. The molecular weight excluding hydrogens is 310 g/mol. The minimum absolute atomic E-state index is 0.0112. The molecule has 3 rings (SSSR count). The molecule has 0 saturated carbocycles. The van der Waals surface area contributed by atoms with Crippen LogP contribution in [0.2, 0.25) is 0 Å². The number of carbonyl (C=O) groups is 1. The molecule has 1 heterocycles. The number of nitriles is 1. The summed E-state index contributed by atoms with van der Waals surface area (Å²) >= 11 is 0. The van der Waals surface area contributed by atoms with Gasteiger partial charge in [-0.3, -0.25) is 9.69 Å². The molecule has 0 aromatic heterocycles. The highest BCUT2D eigenvalue weighted by atomic mass is 16.2. The first-order valence-electron chi connectivity index (χ1n) is 8.71. The Balaban J connectivity index is 1.60. The number of hydrogen-bond acceptors (Lipinski definition) is 3. The minimum atomic E-state index is 0.0112. The van der Waals surface area contributed by atoms with Crippen molar-refractivity contribution in [3.63, 3.8) is 0 Å². The monoisotopic (exact) mass is 333 g/mol. The summed E-state index contributed by atoms with van der Waals surface area (Å²) in [5.41, 5.74) is 3.61. The van der Waals surface area contributed by atoms with Gasteiger partial charge < -0.3 is 4.90 Å². The average Bonchev–Trinajstić information content (AvgIpc) is 3.15. The van der Waals surface area contributed by atoms with Crippen molar-refractivity contribution in [2.75, 3.05) is 20.1 Å². The van der Waals surface area contributed by atoms with Crippen LogP contribution in [0.25, 0.3) is 0 Å². The molecule has 25 heavy (non-hydrogen) atoms. The van der Waals surface area contributed by atoms with Crippen molar-refractivity contribution in [2.24, 2.45) is 0 Å². The highest BCUT2D eigenvalue weighted by molar-refractivity contribution is 5.94. The Hall–Kier alpha value is -2.64. The lowest BCUT2D eigenvalue weighted by Gasteiger charge is -2.18. The Morgan fingerprint density at radius 3 is 2.24 bits per heavy atom. The molecule has 0 N–H and O–H groups in total. The van der Waals surface area contributed by atoms with E-state index in [1.54, 1.807) is 24.1 Å². The van der Waals surface area contributed by atoms with Crippen LogP contribution in [-0.4, -0.2) is 35.8 Å². The van der Waals surface area contributed by atoms with E-state index in [9.17, 15) is 4.79 Å². The Kier molecular flexibility index (Phi) is 5.47. The molecule has 1 aliphatic heterocycles. The van der Waals surface area contributed by atoms with Crippen LogP contribution in [0.3, 0.4) is 0 Å². The number of amides is 1. The van der Waals surface area contributed by atoms with Crippen molar-refractivity contribution in [3.05, 3.63) is 70.8 Å². The van der Waals surface area contributed by atoms with Gasteiger partial charge in [-0.25, -0.2) is 0 Å². The second kappa shape index (κ2) is 7.96. The summed E-state index contributed by atoms with van der Waals surface area (Å²) in [6, 6.07) is 17.4. The van der Waals surface area contributed by atoms with Gasteiger partial charge in [-0.2, -0.15) is 5.26 Å². The first-order chi connectivity index (χ1) is 12.2. The maximum Gasteiger partial charge on any atom is 0.253 e. The number of likely N-dealkylation sites (tertiary alicyclic amines) is 1. The van der Waals surface area contributed by atoms with E-state index in [1.165, 1.54) is 31.5 Å². The number of nitrogens with zero attached hydrogens (tertiary/aromatic N) is 3. The predicted octanol–water partition coefficient (Wildman–Crippen LogP) is 3.43. The summed E-state index contributed by atoms with van der Waals surface area (Å²) in [6.45, 7) is 3.84. The largest absolute Gasteiger partial charge is 0.337 e. The topological polar surface area (TPSA) is 47.3 Å². The van der Waals surface area contributed by atoms with Gasteiger partial charge in [0.25, 0.3) is 5.91 Å². The van der Waals surface area contributed by atoms with Crippen molar-refractivity contribution in [2.45, 2.75) is 25.9 Å². The fourth-order valence-electron chi connectivity index (χ4n) is 3.20. The van der Waals surface area contributed by atoms with Crippen LogP contribution < -0.4 is 0 Å². The van der Waals surface area contributed by atoms with Crippen LogP contribution in [0.4, 0.5) is 0 Å². The molecule has 4 nitrogen and oxygen atoms in total. The molecule has 0 bridgehead atoms. The van der Waals surface area contributed by atoms with E-state index in [2.05, 4.69) is 23.1 Å². The number of hydrogen-bond donors (Lipinski definition) is 0. The Morgan fingerprint density at radius 1 is 1.04 bits per heavy atom. The van der Waals surface area contributed by atoms with Gasteiger partial charge in [0.1, 0.15) is 0 Å². The van der Waals surface area contributed by atoms with Crippen LogP contribution in [-0.2, 0) is 13.1 Å². The Bertz CT molecular complexity index is 753. The van der Waals surface area contributed by atoms with Crippen molar-refractivity contribution < 1.29 is 4.79 Å². The van der Waals surface area contributed by atoms with Crippen LogP contribution in [0, 0.1) is 11.3 Å². The third kappa shape index (κ3) is 4.46. The van der Waals surface area contributed by atoms with E-state index in [4.69, 9.17) is 5.26 Å². The summed E-state index contributed by atoms with van der Waals surface area (Å²) in [4.78, 5) is 16.7. The minimum Gasteiger partial charge on any atom is -0.337 e. The third-order valence-corrected chi connectivity index (χ3v) is 4.66. The van der Waals surface area contributed by atoms with Crippen LogP contribution in [0.15, 0.2) is 48.5 Å². The standard InChI is InChI=1S/C21H23N3O/c1-23(15-18-6-4-17(14-22)5-7-18)21(25)20-10-8-19(9-11-20)16-24-12-2-3-13-24/h4-11H,2-3,12-13,15-16H2,1H3. The second-order valence-electron chi connectivity index (χ2n) is 6.65. The van der Waals surface area contributed by atoms with Crippen molar-refractivity contribution in [3.8, 4) is 6.07 Å². The van der Waals surface area contributed by atoms with Crippen LogP contribution in [0.1, 0.15) is 39.9 Å². The van der Waals surface area contributed by atoms with E-state index in [0.717, 1.165) is 12.1 Å². The normalized spacial score (nSPS) is 14.2. The summed E-state index contributed by atoms with van der Waals surface area (Å²) in [5, 5.41) is 8.84. The lowest BCUT2D eigenvalue weighted by atomic mass is 10.1. The number of rotatable bonds is 5. The van der Waals surface area contributed by atoms with E-state index >= 15 is 0 Å². The molecule has 2 aromatic carbocycles. The molecule has 0 spiro atoms. The fraction of sp³-hybridized carbons (Fsp3) is 0.333. The highest BCUT2D eigenvalue weighted by Gasteiger charge is 2.14. The molecule has 4 heteroatoms. The summed E-state index contributed by atoms with van der Waals surface area (Å²) in [6.07, 6.45) is 2.58. The second-order valence-corrected chi connectivity index (χ2v) is 6.65. The molecule has 0 unspecified atom stereocenters. The number of benzene rings is 2. The van der Waals surface area contributed by atoms with E-state index in [-0.39, 0.29) is 5.91 Å². The first kappa shape index (κ1) is 17.2. The summed E-state index contributed by atoms with van der Waals surface area (Å²) in [5.74, 6) is 0.0112. The fourth-order valence-corrected chi connectivity index (χ4v) is 3.20. The lowest BCUT2D eigenvalue weighted by Crippen LogP contribution is -2.26. The van der Waals surface area contributed by atoms with Gasteiger partial charge in [0.15, 0.2) is 0 Å². The van der Waals surface area contributed by atoms with Gasteiger partial charge in [0.05, 0.1) is 11.6 Å². The molecule has 2 aromatic rings. The zero-order valence-electron chi connectivity index (χ0n) is 14.6. The molecule has 1 saturated heterocycles. The van der Waals surface area contributed by atoms with E-state index in [1.807, 2.05) is 24.3 Å². The molecule has 1 fully saturated rings. The maximum absolute atomic E-state index is 12.6. The third-order valence-electron chi connectivity index (χ3n) is 4.66. The molecule has 0 atom stereocenters. The van der Waals surface area contributed by atoms with Gasteiger partial charge in [0.2, 0.25) is 0 Å². The van der Waals surface area contributed by atoms with E-state index < -0.39 is 0 Å². The zero-order chi connectivity index (χ0) is 17.6. The predicted molar refractivity (Wildman–Crippen MR) is 97.9 cm³/mol.